The first kappa shape index (κ1) is 28.5. The zero-order valence-electron chi connectivity index (χ0n) is 19.8. The number of halogens is 6. The summed E-state index contributed by atoms with van der Waals surface area (Å²) in [6.07, 6.45) is -17.4. The second kappa shape index (κ2) is 10.9. The van der Waals surface area contributed by atoms with Gasteiger partial charge in [0.1, 0.15) is 5.75 Å². The van der Waals surface area contributed by atoms with Crippen LogP contribution in [0.15, 0.2) is 18.2 Å². The summed E-state index contributed by atoms with van der Waals surface area (Å²) in [5.74, 6) is -0.112. The minimum Gasteiger partial charge on any atom is -0.476 e. The quantitative estimate of drug-likeness (QED) is 0.396. The highest BCUT2D eigenvalue weighted by atomic mass is 19.4. The van der Waals surface area contributed by atoms with E-state index in [0.717, 1.165) is 10.5 Å². The van der Waals surface area contributed by atoms with Crippen LogP contribution in [0.4, 0.5) is 31.1 Å². The molecule has 0 atom stereocenters. The molecule has 1 amide bonds. The normalized spacial score (nSPS) is 15.8. The minimum atomic E-state index is -5.77. The highest BCUT2D eigenvalue weighted by molar-refractivity contribution is 5.79. The van der Waals surface area contributed by atoms with Crippen LogP contribution in [-0.4, -0.2) is 78.7 Å². The van der Waals surface area contributed by atoms with Crippen molar-refractivity contribution in [2.24, 2.45) is 0 Å². The van der Waals surface area contributed by atoms with Crippen molar-refractivity contribution < 1.29 is 50.1 Å². The monoisotopic (exact) mass is 514 g/mol. The Morgan fingerprint density at radius 2 is 1.57 bits per heavy atom. The van der Waals surface area contributed by atoms with Gasteiger partial charge in [0.15, 0.2) is 5.60 Å². The Labute approximate surface area is 198 Å². The van der Waals surface area contributed by atoms with Crippen molar-refractivity contribution in [1.29, 1.82) is 0 Å². The van der Waals surface area contributed by atoms with Gasteiger partial charge in [-0.1, -0.05) is 12.1 Å². The zero-order chi connectivity index (χ0) is 26.6. The topological polar surface area (TPSA) is 68.3 Å². The van der Waals surface area contributed by atoms with Gasteiger partial charge in [-0.25, -0.2) is 9.59 Å². The molecular formula is C22H28F6N2O5. The number of amides is 1. The average Bonchev–Trinajstić information content (AvgIpc) is 2.72. The number of piperazine rings is 1. The number of benzene rings is 1. The van der Waals surface area contributed by atoms with Crippen LogP contribution in [0.25, 0.3) is 0 Å². The molecule has 198 valence electrons. The Hall–Kier alpha value is -2.70. The smallest absolute Gasteiger partial charge is 0.434 e. The molecule has 1 aliphatic heterocycles. The molecule has 2 rings (SSSR count). The molecular weight excluding hydrogens is 486 g/mol. The van der Waals surface area contributed by atoms with Crippen LogP contribution in [0.2, 0.25) is 0 Å². The van der Waals surface area contributed by atoms with Gasteiger partial charge in [-0.05, 0) is 39.3 Å². The molecule has 7 nitrogen and oxygen atoms in total. The maximum atomic E-state index is 12.7. The largest absolute Gasteiger partial charge is 0.476 e. The van der Waals surface area contributed by atoms with Gasteiger partial charge >= 0.3 is 24.4 Å². The molecule has 0 aromatic heterocycles. The van der Waals surface area contributed by atoms with Crippen LogP contribution in [0.5, 0.6) is 5.75 Å². The Morgan fingerprint density at radius 1 is 1.00 bits per heavy atom. The molecule has 0 N–H and O–H groups in total. The fourth-order valence-corrected chi connectivity index (χ4v) is 3.33. The fourth-order valence-electron chi connectivity index (χ4n) is 3.33. The summed E-state index contributed by atoms with van der Waals surface area (Å²) in [4.78, 5) is 26.8. The number of alkyl halides is 6. The van der Waals surface area contributed by atoms with Gasteiger partial charge in [-0.3, -0.25) is 4.90 Å². The van der Waals surface area contributed by atoms with Crippen molar-refractivity contribution in [3.8, 4) is 5.75 Å². The van der Waals surface area contributed by atoms with Crippen molar-refractivity contribution in [2.45, 2.75) is 58.3 Å². The lowest BCUT2D eigenvalue weighted by Gasteiger charge is -2.35. The van der Waals surface area contributed by atoms with Gasteiger partial charge in [-0.2, -0.15) is 26.3 Å². The van der Waals surface area contributed by atoms with Gasteiger partial charge in [-0.15, -0.1) is 0 Å². The first-order valence-corrected chi connectivity index (χ1v) is 10.8. The van der Waals surface area contributed by atoms with Crippen LogP contribution in [0, 0.1) is 6.92 Å². The fraction of sp³-hybridized carbons (Fsp3) is 0.636. The van der Waals surface area contributed by atoms with Gasteiger partial charge in [0.2, 0.25) is 0 Å². The molecule has 1 saturated heterocycles. The first-order chi connectivity index (χ1) is 16.0. The number of rotatable bonds is 7. The summed E-state index contributed by atoms with van der Waals surface area (Å²) in [7, 11) is 0. The lowest BCUT2D eigenvalue weighted by Crippen LogP contribution is -2.52. The van der Waals surface area contributed by atoms with E-state index in [2.05, 4.69) is 4.74 Å². The first-order valence-electron chi connectivity index (χ1n) is 10.8. The third-order valence-corrected chi connectivity index (χ3v) is 5.19. The maximum Gasteiger partial charge on any atom is 0.434 e. The molecule has 1 aliphatic rings. The van der Waals surface area contributed by atoms with Crippen LogP contribution >= 0.6 is 0 Å². The van der Waals surface area contributed by atoms with Crippen LogP contribution in [0.3, 0.4) is 0 Å². The summed E-state index contributed by atoms with van der Waals surface area (Å²) in [6, 6.07) is 5.38. The van der Waals surface area contributed by atoms with Crippen LogP contribution < -0.4 is 4.74 Å². The minimum absolute atomic E-state index is 0.127. The zero-order valence-corrected chi connectivity index (χ0v) is 19.8. The third-order valence-electron chi connectivity index (χ3n) is 5.19. The average molecular weight is 514 g/mol. The molecule has 0 aliphatic carbocycles. The van der Waals surface area contributed by atoms with E-state index >= 15 is 0 Å². The second-order valence-corrected chi connectivity index (χ2v) is 8.55. The lowest BCUT2D eigenvalue weighted by atomic mass is 10.1. The van der Waals surface area contributed by atoms with Crippen LogP contribution in [-0.2, 0) is 20.8 Å². The molecule has 0 unspecified atom stereocenters. The molecule has 1 fully saturated rings. The maximum absolute atomic E-state index is 12.7. The van der Waals surface area contributed by atoms with Gasteiger partial charge in [0.25, 0.3) is 6.10 Å². The lowest BCUT2D eigenvalue weighted by molar-refractivity contribution is -0.308. The summed E-state index contributed by atoms with van der Waals surface area (Å²) >= 11 is 0. The Balaban J connectivity index is 2.03. The predicted octanol–water partition coefficient (Wildman–Crippen LogP) is 4.46. The molecule has 35 heavy (non-hydrogen) atoms. The summed E-state index contributed by atoms with van der Waals surface area (Å²) < 4.78 is 90.7. The Kier molecular flexibility index (Phi) is 8.90. The van der Waals surface area contributed by atoms with E-state index in [4.69, 9.17) is 9.47 Å². The molecule has 1 aromatic carbocycles. The van der Waals surface area contributed by atoms with Crippen LogP contribution in [0.1, 0.15) is 31.9 Å². The third kappa shape index (κ3) is 7.91. The SMILES string of the molecule is CCOC(=O)C(C)(C)Oc1cc(C)ccc1CN1CCN(C(=O)OC(C(F)(F)F)C(F)(F)F)CC1. The van der Waals surface area contributed by atoms with Crippen molar-refractivity contribution in [1.82, 2.24) is 9.80 Å². The molecule has 0 radical (unpaired) electrons. The molecule has 1 aromatic rings. The van der Waals surface area contributed by atoms with E-state index in [9.17, 15) is 35.9 Å². The van der Waals surface area contributed by atoms with Crippen molar-refractivity contribution in [3.63, 3.8) is 0 Å². The summed E-state index contributed by atoms with van der Waals surface area (Å²) in [5.41, 5.74) is 0.312. The number of esters is 1. The number of hydrogen-bond donors (Lipinski definition) is 0. The predicted molar refractivity (Wildman–Crippen MR) is 112 cm³/mol. The van der Waals surface area contributed by atoms with E-state index in [0.29, 0.717) is 17.9 Å². The number of hydrogen-bond acceptors (Lipinski definition) is 6. The molecule has 0 spiro atoms. The number of carbonyl (C=O) groups is 2. The van der Waals surface area contributed by atoms with E-state index in [1.54, 1.807) is 32.9 Å². The molecule has 0 saturated carbocycles. The van der Waals surface area contributed by atoms with Gasteiger partial charge in [0, 0.05) is 38.3 Å². The van der Waals surface area contributed by atoms with Crippen molar-refractivity contribution in [2.75, 3.05) is 32.8 Å². The standard InChI is InChI=1S/C22H28F6N2O5/c1-5-33-18(31)20(3,4)35-16-12-14(2)6-7-15(16)13-29-8-10-30(11-9-29)19(32)34-17(21(23,24)25)22(26,27)28/h6-7,12,17H,5,8-11,13H2,1-4H3. The Morgan fingerprint density at radius 3 is 2.09 bits per heavy atom. The number of aryl methyl sites for hydroxylation is 1. The molecule has 1 heterocycles. The number of ether oxygens (including phenoxy) is 3. The molecule has 0 bridgehead atoms. The van der Waals surface area contributed by atoms with E-state index < -0.39 is 36.1 Å². The van der Waals surface area contributed by atoms with Gasteiger partial charge < -0.3 is 19.1 Å². The van der Waals surface area contributed by atoms with Crippen molar-refractivity contribution in [3.05, 3.63) is 29.3 Å². The molecule has 13 heteroatoms. The van der Waals surface area contributed by atoms with E-state index in [-0.39, 0.29) is 32.8 Å². The summed E-state index contributed by atoms with van der Waals surface area (Å²) in [5, 5.41) is 0. The number of nitrogens with zero attached hydrogens (tertiary/aromatic N) is 2. The Bertz CT molecular complexity index is 881. The number of carbonyl (C=O) groups excluding carboxylic acids is 2. The van der Waals surface area contributed by atoms with E-state index in [1.165, 1.54) is 0 Å². The summed E-state index contributed by atoms with van der Waals surface area (Å²) in [6.45, 7) is 7.24. The van der Waals surface area contributed by atoms with Crippen molar-refractivity contribution >= 4 is 12.1 Å². The van der Waals surface area contributed by atoms with E-state index in [1.807, 2.05) is 17.9 Å². The second-order valence-electron chi connectivity index (χ2n) is 8.55. The highest BCUT2D eigenvalue weighted by Crippen LogP contribution is 2.36. The van der Waals surface area contributed by atoms with Gasteiger partial charge in [0.05, 0.1) is 6.61 Å². The highest BCUT2D eigenvalue weighted by Gasteiger charge is 2.60.